The molecule has 0 unspecified atom stereocenters. The number of pyridine rings is 1. The van der Waals surface area contributed by atoms with E-state index in [1.807, 2.05) is 60.7 Å². The van der Waals surface area contributed by atoms with E-state index < -0.39 is 0 Å². The van der Waals surface area contributed by atoms with Gasteiger partial charge in [-0.05, 0) is 48.4 Å². The second kappa shape index (κ2) is 8.46. The van der Waals surface area contributed by atoms with E-state index in [9.17, 15) is 0 Å². The standard InChI is InChI=1S/C23H26ClN5O/c1-30-23-10-19-14-28(12-16-4-3-7-25-11-16)13-18(19)9-22(23)29-15-21(26-27-29)17-5-2-6-20(24)8-17/h2-8,11,15,18-19,22-23H,9-10,12-14H2,1H3/t18-,19+,22-,23-/m1/s1. The molecule has 3 heterocycles. The summed E-state index contributed by atoms with van der Waals surface area (Å²) in [5, 5.41) is 9.58. The van der Waals surface area contributed by atoms with Gasteiger partial charge in [0, 0.05) is 49.7 Å². The van der Waals surface area contributed by atoms with Crippen molar-refractivity contribution in [2.75, 3.05) is 20.2 Å². The normalized spacial score (nSPS) is 26.6. The van der Waals surface area contributed by atoms with Crippen molar-refractivity contribution in [3.63, 3.8) is 0 Å². The molecule has 0 spiro atoms. The molecule has 0 radical (unpaired) electrons. The number of halogens is 1. The molecule has 0 N–H and O–H groups in total. The highest BCUT2D eigenvalue weighted by molar-refractivity contribution is 6.30. The van der Waals surface area contributed by atoms with E-state index in [0.717, 1.165) is 43.7 Å². The number of fused-ring (bicyclic) bond motifs is 1. The van der Waals surface area contributed by atoms with Gasteiger partial charge < -0.3 is 4.74 Å². The average Bonchev–Trinajstić information content (AvgIpc) is 3.40. The monoisotopic (exact) mass is 423 g/mol. The van der Waals surface area contributed by atoms with Gasteiger partial charge >= 0.3 is 0 Å². The first-order valence-corrected chi connectivity index (χ1v) is 10.9. The van der Waals surface area contributed by atoms with Gasteiger partial charge in [0.1, 0.15) is 5.69 Å². The molecule has 0 amide bonds. The van der Waals surface area contributed by atoms with Gasteiger partial charge in [-0.2, -0.15) is 0 Å². The van der Waals surface area contributed by atoms with Crippen LogP contribution in [0.1, 0.15) is 24.4 Å². The van der Waals surface area contributed by atoms with Gasteiger partial charge in [0.2, 0.25) is 0 Å². The van der Waals surface area contributed by atoms with Crippen LogP contribution in [0.25, 0.3) is 11.3 Å². The molecule has 4 atom stereocenters. The molecule has 1 saturated heterocycles. The quantitative estimate of drug-likeness (QED) is 0.618. The number of hydrogen-bond acceptors (Lipinski definition) is 5. The lowest BCUT2D eigenvalue weighted by atomic mass is 9.77. The molecule has 1 aliphatic heterocycles. The van der Waals surface area contributed by atoms with Crippen LogP contribution >= 0.6 is 11.6 Å². The van der Waals surface area contributed by atoms with E-state index in [0.29, 0.717) is 16.9 Å². The third kappa shape index (κ3) is 4.00. The fourth-order valence-electron chi connectivity index (χ4n) is 5.12. The van der Waals surface area contributed by atoms with E-state index in [4.69, 9.17) is 16.3 Å². The lowest BCUT2D eigenvalue weighted by molar-refractivity contribution is -0.00545. The number of methoxy groups -OCH3 is 1. The van der Waals surface area contributed by atoms with Crippen LogP contribution in [-0.4, -0.2) is 51.2 Å². The largest absolute Gasteiger partial charge is 0.379 e. The SMILES string of the molecule is CO[C@@H]1C[C@H]2CN(Cc3cccnc3)C[C@H]2C[C@H]1n1cc(-c2cccc(Cl)c2)nn1. The van der Waals surface area contributed by atoms with Crippen LogP contribution in [0.5, 0.6) is 0 Å². The molecule has 1 aromatic carbocycles. The van der Waals surface area contributed by atoms with Crippen molar-refractivity contribution < 1.29 is 4.74 Å². The van der Waals surface area contributed by atoms with Crippen LogP contribution in [0.15, 0.2) is 55.0 Å². The number of ether oxygens (including phenoxy) is 1. The fourth-order valence-corrected chi connectivity index (χ4v) is 5.31. The van der Waals surface area contributed by atoms with Crippen LogP contribution in [0.3, 0.4) is 0 Å². The third-order valence-electron chi connectivity index (χ3n) is 6.56. The summed E-state index contributed by atoms with van der Waals surface area (Å²) in [7, 11) is 1.81. The average molecular weight is 424 g/mol. The van der Waals surface area contributed by atoms with Crippen LogP contribution in [-0.2, 0) is 11.3 Å². The van der Waals surface area contributed by atoms with Gasteiger partial charge in [0.15, 0.2) is 0 Å². The molecule has 6 nitrogen and oxygen atoms in total. The Morgan fingerprint density at radius 1 is 1.13 bits per heavy atom. The molecule has 1 saturated carbocycles. The number of rotatable bonds is 5. The summed E-state index contributed by atoms with van der Waals surface area (Å²) in [6.07, 6.45) is 8.10. The summed E-state index contributed by atoms with van der Waals surface area (Å²) in [5.74, 6) is 1.32. The van der Waals surface area contributed by atoms with Gasteiger partial charge in [-0.15, -0.1) is 5.10 Å². The van der Waals surface area contributed by atoms with Crippen molar-refractivity contribution in [2.45, 2.75) is 31.5 Å². The Morgan fingerprint density at radius 3 is 2.77 bits per heavy atom. The van der Waals surface area contributed by atoms with Crippen molar-refractivity contribution >= 4 is 11.6 Å². The second-order valence-electron chi connectivity index (χ2n) is 8.48. The Labute approximate surface area is 181 Å². The van der Waals surface area contributed by atoms with E-state index in [-0.39, 0.29) is 12.1 Å². The molecule has 30 heavy (non-hydrogen) atoms. The van der Waals surface area contributed by atoms with E-state index >= 15 is 0 Å². The van der Waals surface area contributed by atoms with Gasteiger partial charge in [-0.1, -0.05) is 35.0 Å². The Morgan fingerprint density at radius 2 is 2.00 bits per heavy atom. The highest BCUT2D eigenvalue weighted by Crippen LogP contribution is 2.42. The van der Waals surface area contributed by atoms with Crippen molar-refractivity contribution in [2.24, 2.45) is 11.8 Å². The molecule has 3 aromatic rings. The molecule has 7 heteroatoms. The number of likely N-dealkylation sites (tertiary alicyclic amines) is 1. The topological polar surface area (TPSA) is 56.1 Å². The molecule has 1 aliphatic carbocycles. The number of nitrogens with zero attached hydrogens (tertiary/aromatic N) is 5. The first kappa shape index (κ1) is 19.7. The van der Waals surface area contributed by atoms with E-state index in [1.165, 1.54) is 5.56 Å². The Bertz CT molecular complexity index is 994. The number of hydrogen-bond donors (Lipinski definition) is 0. The van der Waals surface area contributed by atoms with Gasteiger partial charge in [0.25, 0.3) is 0 Å². The Balaban J connectivity index is 1.31. The summed E-state index contributed by atoms with van der Waals surface area (Å²) < 4.78 is 7.92. The summed E-state index contributed by atoms with van der Waals surface area (Å²) in [6, 6.07) is 12.1. The molecular weight excluding hydrogens is 398 g/mol. The van der Waals surface area contributed by atoms with E-state index in [2.05, 4.69) is 26.3 Å². The van der Waals surface area contributed by atoms with Crippen LogP contribution in [0.2, 0.25) is 5.02 Å². The summed E-state index contributed by atoms with van der Waals surface area (Å²) in [5.41, 5.74) is 3.11. The summed E-state index contributed by atoms with van der Waals surface area (Å²) in [6.45, 7) is 3.20. The maximum atomic E-state index is 6.14. The van der Waals surface area contributed by atoms with Crippen molar-refractivity contribution in [1.82, 2.24) is 24.9 Å². The maximum Gasteiger partial charge on any atom is 0.113 e. The van der Waals surface area contributed by atoms with Crippen molar-refractivity contribution in [3.8, 4) is 11.3 Å². The van der Waals surface area contributed by atoms with Gasteiger partial charge in [0.05, 0.1) is 18.3 Å². The fraction of sp³-hybridized carbons (Fsp3) is 0.435. The van der Waals surface area contributed by atoms with Gasteiger partial charge in [-0.3, -0.25) is 9.88 Å². The minimum atomic E-state index is 0.151. The lowest BCUT2D eigenvalue weighted by Gasteiger charge is -2.37. The maximum absolute atomic E-state index is 6.14. The lowest BCUT2D eigenvalue weighted by Crippen LogP contribution is -2.37. The summed E-state index contributed by atoms with van der Waals surface area (Å²) >= 11 is 6.14. The highest BCUT2D eigenvalue weighted by atomic mass is 35.5. The van der Waals surface area contributed by atoms with Crippen LogP contribution in [0.4, 0.5) is 0 Å². The zero-order valence-corrected chi connectivity index (χ0v) is 17.8. The predicted octanol–water partition coefficient (Wildman–Crippen LogP) is 4.09. The van der Waals surface area contributed by atoms with E-state index in [1.54, 1.807) is 0 Å². The first-order chi connectivity index (χ1) is 14.7. The smallest absolute Gasteiger partial charge is 0.113 e. The Hall–Kier alpha value is -2.28. The van der Waals surface area contributed by atoms with Crippen LogP contribution < -0.4 is 0 Å². The van der Waals surface area contributed by atoms with Gasteiger partial charge in [-0.25, -0.2) is 4.68 Å². The third-order valence-corrected chi connectivity index (χ3v) is 6.80. The molecule has 5 rings (SSSR count). The highest BCUT2D eigenvalue weighted by Gasteiger charge is 2.43. The van der Waals surface area contributed by atoms with Crippen molar-refractivity contribution in [3.05, 3.63) is 65.6 Å². The summed E-state index contributed by atoms with van der Waals surface area (Å²) in [4.78, 5) is 6.81. The second-order valence-corrected chi connectivity index (χ2v) is 8.92. The molecule has 156 valence electrons. The van der Waals surface area contributed by atoms with Crippen molar-refractivity contribution in [1.29, 1.82) is 0 Å². The number of aromatic nitrogens is 4. The zero-order valence-electron chi connectivity index (χ0n) is 17.1. The molecular formula is C23H26ClN5O. The minimum absolute atomic E-state index is 0.151. The molecule has 2 fully saturated rings. The molecule has 0 bridgehead atoms. The van der Waals surface area contributed by atoms with Crippen LogP contribution in [0, 0.1) is 11.8 Å². The number of benzene rings is 1. The minimum Gasteiger partial charge on any atom is -0.379 e. The first-order valence-electron chi connectivity index (χ1n) is 10.5. The predicted molar refractivity (Wildman–Crippen MR) is 116 cm³/mol. The molecule has 2 aromatic heterocycles. The Kier molecular flexibility index (Phi) is 5.54. The zero-order chi connectivity index (χ0) is 20.5. The molecule has 2 aliphatic rings.